The topological polar surface area (TPSA) is 87.1 Å². The van der Waals surface area contributed by atoms with Gasteiger partial charge in [0, 0.05) is 10.8 Å². The van der Waals surface area contributed by atoms with Gasteiger partial charge in [0.05, 0.1) is 6.10 Å². The maximum atomic E-state index is 12.1. The lowest BCUT2D eigenvalue weighted by Crippen LogP contribution is -2.61. The first-order valence-electron chi connectivity index (χ1n) is 9.69. The van der Waals surface area contributed by atoms with E-state index in [9.17, 15) is 19.8 Å². The number of allylic oxidation sites excluding steroid dienone is 2. The normalized spacial score (nSPS) is 56.8. The number of hydrogen-bond acceptors (Lipinski definition) is 4. The van der Waals surface area contributed by atoms with Gasteiger partial charge in [0.15, 0.2) is 11.4 Å². The average molecular weight is 358 g/mol. The molecule has 0 aromatic carbocycles. The zero-order valence-electron chi connectivity index (χ0n) is 15.5. The van der Waals surface area contributed by atoms with Crippen LogP contribution in [-0.2, 0) is 14.3 Å². The van der Waals surface area contributed by atoms with Crippen LogP contribution < -0.4 is 0 Å². The summed E-state index contributed by atoms with van der Waals surface area (Å²) in [6.45, 7) is 5.99. The van der Waals surface area contributed by atoms with Crippen molar-refractivity contribution in [2.24, 2.45) is 28.6 Å². The van der Waals surface area contributed by atoms with E-state index in [1.54, 1.807) is 12.2 Å². The first-order valence-corrected chi connectivity index (χ1v) is 9.69. The Kier molecular flexibility index (Phi) is 2.89. The number of aliphatic hydroxyl groups is 1. The summed E-state index contributed by atoms with van der Waals surface area (Å²) in [6, 6.07) is 0. The van der Waals surface area contributed by atoms with Gasteiger partial charge in [-0.05, 0) is 62.5 Å². The monoisotopic (exact) mass is 358 g/mol. The molecule has 1 aliphatic heterocycles. The number of ketones is 1. The smallest absolute Gasteiger partial charge is 0.336 e. The molecule has 1 saturated heterocycles. The molecule has 1 spiro atoms. The molecule has 3 saturated carbocycles. The molecule has 0 aromatic rings. The molecule has 5 nitrogen and oxygen atoms in total. The number of rotatable bonds is 1. The molecule has 4 aliphatic carbocycles. The summed E-state index contributed by atoms with van der Waals surface area (Å²) < 4.78 is 6.38. The van der Waals surface area contributed by atoms with Crippen molar-refractivity contribution in [1.29, 1.82) is 0 Å². The van der Waals surface area contributed by atoms with Crippen LogP contribution in [0.1, 0.15) is 46.5 Å². The minimum atomic E-state index is -1.70. The van der Waals surface area contributed by atoms with E-state index in [-0.39, 0.29) is 40.7 Å². The third-order valence-electron chi connectivity index (χ3n) is 8.84. The van der Waals surface area contributed by atoms with Gasteiger partial charge in [-0.2, -0.15) is 0 Å². The maximum absolute atomic E-state index is 12.1. The van der Waals surface area contributed by atoms with Crippen LogP contribution in [0.4, 0.5) is 0 Å². The Morgan fingerprint density at radius 2 is 2.04 bits per heavy atom. The molecule has 0 bridgehead atoms. The van der Waals surface area contributed by atoms with Crippen LogP contribution in [0.25, 0.3) is 0 Å². The van der Waals surface area contributed by atoms with Gasteiger partial charge in [-0.3, -0.25) is 4.79 Å². The van der Waals surface area contributed by atoms with E-state index in [1.807, 2.05) is 19.9 Å². The van der Waals surface area contributed by atoms with Crippen molar-refractivity contribution >= 4 is 11.8 Å². The van der Waals surface area contributed by atoms with Crippen LogP contribution in [0.3, 0.4) is 0 Å². The van der Waals surface area contributed by atoms with Gasteiger partial charge in [0.2, 0.25) is 0 Å². The number of aliphatic carboxylic acids is 1. The molecule has 0 radical (unpaired) electrons. The molecule has 5 rings (SSSR count). The number of carboxylic acid groups (broad SMARTS) is 1. The van der Waals surface area contributed by atoms with Crippen molar-refractivity contribution in [3.63, 3.8) is 0 Å². The molecule has 8 atom stereocenters. The summed E-state index contributed by atoms with van der Waals surface area (Å²) in [7, 11) is 0. The molecule has 5 aliphatic rings. The van der Waals surface area contributed by atoms with Crippen LogP contribution in [-0.4, -0.2) is 39.3 Å². The second-order valence-electron chi connectivity index (χ2n) is 9.59. The predicted molar refractivity (Wildman–Crippen MR) is 93.2 cm³/mol. The molecule has 26 heavy (non-hydrogen) atoms. The van der Waals surface area contributed by atoms with Crippen molar-refractivity contribution in [3.05, 3.63) is 23.8 Å². The Bertz CT molecular complexity index is 798. The lowest BCUT2D eigenvalue weighted by atomic mass is 9.47. The van der Waals surface area contributed by atoms with Gasteiger partial charge >= 0.3 is 5.97 Å². The zero-order valence-corrected chi connectivity index (χ0v) is 15.5. The van der Waals surface area contributed by atoms with Crippen molar-refractivity contribution < 1.29 is 24.5 Å². The Hall–Kier alpha value is -1.46. The third-order valence-corrected chi connectivity index (χ3v) is 8.84. The second-order valence-corrected chi connectivity index (χ2v) is 9.59. The van der Waals surface area contributed by atoms with E-state index in [0.29, 0.717) is 12.8 Å². The van der Waals surface area contributed by atoms with Gasteiger partial charge < -0.3 is 14.9 Å². The number of epoxide rings is 1. The standard InChI is InChI=1S/C21H26O5/c1-11-8-15-14-5-4-12-9-13(22)6-7-18(12,2)21(14)16(26-21)10-19(15,3)20(11,25)17(23)24/h6-7,9,11,14-16,25H,4-5,8,10H2,1-3H3,(H,23,24)/t11-,14+,15+,16?,18+,19+,20+,21+/m1/s1. The maximum Gasteiger partial charge on any atom is 0.336 e. The summed E-state index contributed by atoms with van der Waals surface area (Å²) >= 11 is 0. The number of ether oxygens (including phenoxy) is 1. The summed E-state index contributed by atoms with van der Waals surface area (Å²) in [5.74, 6) is -1.02. The summed E-state index contributed by atoms with van der Waals surface area (Å²) in [4.78, 5) is 23.9. The van der Waals surface area contributed by atoms with Crippen molar-refractivity contribution in [1.82, 2.24) is 0 Å². The Labute approximate surface area is 153 Å². The molecular formula is C21H26O5. The van der Waals surface area contributed by atoms with Gasteiger partial charge in [-0.25, -0.2) is 4.79 Å². The van der Waals surface area contributed by atoms with Crippen molar-refractivity contribution in [3.8, 4) is 0 Å². The molecule has 140 valence electrons. The molecule has 1 unspecified atom stereocenters. The molecule has 5 heteroatoms. The van der Waals surface area contributed by atoms with Gasteiger partial charge in [-0.15, -0.1) is 0 Å². The van der Waals surface area contributed by atoms with Gasteiger partial charge in [0.1, 0.15) is 5.60 Å². The first-order chi connectivity index (χ1) is 12.1. The van der Waals surface area contributed by atoms with Gasteiger partial charge in [-0.1, -0.05) is 25.5 Å². The number of fused-ring (bicyclic) bond motifs is 3. The first kappa shape index (κ1) is 16.7. The molecule has 2 N–H and O–H groups in total. The molecular weight excluding hydrogens is 332 g/mol. The average Bonchev–Trinajstić information content (AvgIpc) is 3.25. The van der Waals surface area contributed by atoms with Crippen LogP contribution >= 0.6 is 0 Å². The molecule has 0 aromatic heterocycles. The minimum Gasteiger partial charge on any atom is -0.479 e. The predicted octanol–water partition coefficient (Wildman–Crippen LogP) is 2.49. The fourth-order valence-electron chi connectivity index (χ4n) is 7.44. The molecule has 4 fully saturated rings. The molecule has 0 amide bonds. The lowest BCUT2D eigenvalue weighted by molar-refractivity contribution is -0.183. The lowest BCUT2D eigenvalue weighted by Gasteiger charge is -2.55. The highest BCUT2D eigenvalue weighted by Gasteiger charge is 2.82. The number of carbonyl (C=O) groups is 2. The van der Waals surface area contributed by atoms with E-state index < -0.39 is 17.0 Å². The highest BCUT2D eigenvalue weighted by Crippen LogP contribution is 2.76. The van der Waals surface area contributed by atoms with Crippen molar-refractivity contribution in [2.45, 2.75) is 63.8 Å². The highest BCUT2D eigenvalue weighted by atomic mass is 16.6. The SMILES string of the molecule is C[C@@H]1C[C@H]2[C@@H]3CCC4=CC(=O)C=C[C@]4(C)[C@]34OC4C[C@]2(C)[C@@]1(O)C(=O)O. The van der Waals surface area contributed by atoms with Crippen LogP contribution in [0, 0.1) is 28.6 Å². The zero-order chi connectivity index (χ0) is 18.7. The Morgan fingerprint density at radius 1 is 1.31 bits per heavy atom. The fourth-order valence-corrected chi connectivity index (χ4v) is 7.44. The van der Waals surface area contributed by atoms with Crippen molar-refractivity contribution in [2.75, 3.05) is 0 Å². The van der Waals surface area contributed by atoms with E-state index >= 15 is 0 Å². The third kappa shape index (κ3) is 1.50. The Balaban J connectivity index is 1.62. The quantitative estimate of drug-likeness (QED) is 0.703. The van der Waals surface area contributed by atoms with Gasteiger partial charge in [0.25, 0.3) is 0 Å². The van der Waals surface area contributed by atoms with Crippen LogP contribution in [0.5, 0.6) is 0 Å². The summed E-state index contributed by atoms with van der Waals surface area (Å²) in [5, 5.41) is 21.1. The van der Waals surface area contributed by atoms with E-state index in [4.69, 9.17) is 4.74 Å². The summed E-state index contributed by atoms with van der Waals surface area (Å²) in [6.07, 6.45) is 8.37. The second kappa shape index (κ2) is 4.50. The molecule has 1 heterocycles. The van der Waals surface area contributed by atoms with E-state index in [0.717, 1.165) is 18.4 Å². The number of carbonyl (C=O) groups excluding carboxylic acids is 1. The summed E-state index contributed by atoms with van der Waals surface area (Å²) in [5.41, 5.74) is -1.89. The van der Waals surface area contributed by atoms with Crippen LogP contribution in [0.2, 0.25) is 0 Å². The number of carboxylic acids is 1. The number of hydrogen-bond donors (Lipinski definition) is 2. The highest BCUT2D eigenvalue weighted by molar-refractivity contribution is 6.01. The van der Waals surface area contributed by atoms with E-state index in [1.165, 1.54) is 0 Å². The minimum absolute atomic E-state index is 0.0416. The largest absolute Gasteiger partial charge is 0.479 e. The Morgan fingerprint density at radius 3 is 2.73 bits per heavy atom. The van der Waals surface area contributed by atoms with E-state index in [2.05, 4.69) is 6.92 Å². The van der Waals surface area contributed by atoms with Crippen LogP contribution in [0.15, 0.2) is 23.8 Å². The fraction of sp³-hybridized carbons (Fsp3) is 0.714.